The highest BCUT2D eigenvalue weighted by Crippen LogP contribution is 2.09. The average molecular weight is 278 g/mol. The summed E-state index contributed by atoms with van der Waals surface area (Å²) < 4.78 is 0. The van der Waals surface area contributed by atoms with Gasteiger partial charge in [-0.05, 0) is 25.3 Å². The van der Waals surface area contributed by atoms with E-state index in [-0.39, 0.29) is 6.42 Å². The monoisotopic (exact) mass is 278 g/mol. The second-order valence-corrected chi connectivity index (χ2v) is 5.23. The molecule has 0 fully saturated rings. The van der Waals surface area contributed by atoms with Gasteiger partial charge in [-0.25, -0.2) is 0 Å². The quantitative estimate of drug-likeness (QED) is 0.387. The van der Waals surface area contributed by atoms with E-state index in [4.69, 9.17) is 5.11 Å². The minimum absolute atomic E-state index is 0.219. The molecule has 0 bridgehead atoms. The standard InChI is InChI=1S/C18H30O2/c1-2-3-4-5-6-7-8-9-10-11-12-13-14-15-16-17-18(19)20/h11-12H,2-10,15-17H2,1H3,(H,19,20)/b12-11+. The van der Waals surface area contributed by atoms with E-state index in [0.717, 1.165) is 6.42 Å². The molecule has 0 radical (unpaired) electrons. The number of rotatable bonds is 12. The topological polar surface area (TPSA) is 37.3 Å². The van der Waals surface area contributed by atoms with Gasteiger partial charge in [0.2, 0.25) is 0 Å². The van der Waals surface area contributed by atoms with Gasteiger partial charge in [0, 0.05) is 12.8 Å². The smallest absolute Gasteiger partial charge is 0.303 e. The summed E-state index contributed by atoms with van der Waals surface area (Å²) in [7, 11) is 0. The summed E-state index contributed by atoms with van der Waals surface area (Å²) in [5.74, 6) is 5.19. The summed E-state index contributed by atoms with van der Waals surface area (Å²) in [4.78, 5) is 10.3. The Labute approximate surface area is 124 Å². The van der Waals surface area contributed by atoms with Crippen LogP contribution in [-0.2, 0) is 4.79 Å². The molecular weight excluding hydrogens is 248 g/mol. The third kappa shape index (κ3) is 16.8. The number of hydrogen-bond donors (Lipinski definition) is 1. The first-order valence-electron chi connectivity index (χ1n) is 8.12. The zero-order valence-electron chi connectivity index (χ0n) is 13.0. The Bertz CT molecular complexity index is 307. The van der Waals surface area contributed by atoms with Gasteiger partial charge < -0.3 is 5.11 Å². The molecule has 0 aliphatic heterocycles. The fourth-order valence-corrected chi connectivity index (χ4v) is 2.00. The van der Waals surface area contributed by atoms with Crippen molar-refractivity contribution < 1.29 is 9.90 Å². The molecule has 0 amide bonds. The molecule has 2 nitrogen and oxygen atoms in total. The van der Waals surface area contributed by atoms with Crippen LogP contribution in [0.4, 0.5) is 0 Å². The Morgan fingerprint density at radius 2 is 1.65 bits per heavy atom. The molecular formula is C18H30O2. The lowest BCUT2D eigenvalue weighted by Gasteiger charge is -1.99. The molecule has 0 spiro atoms. The predicted molar refractivity (Wildman–Crippen MR) is 85.6 cm³/mol. The second kappa shape index (κ2) is 15.8. The number of carboxylic acids is 1. The number of allylic oxidation sites excluding steroid dienone is 2. The molecule has 1 N–H and O–H groups in total. The van der Waals surface area contributed by atoms with E-state index in [9.17, 15) is 4.79 Å². The maximum absolute atomic E-state index is 10.3. The number of carboxylic acid groups (broad SMARTS) is 1. The lowest BCUT2D eigenvalue weighted by molar-refractivity contribution is -0.137. The van der Waals surface area contributed by atoms with Crippen LogP contribution in [0, 0.1) is 11.8 Å². The van der Waals surface area contributed by atoms with Gasteiger partial charge in [-0.15, -0.1) is 0 Å². The molecule has 0 heterocycles. The third-order valence-corrected chi connectivity index (χ3v) is 3.22. The van der Waals surface area contributed by atoms with E-state index in [1.807, 2.05) is 6.08 Å². The minimum atomic E-state index is -0.739. The fourth-order valence-electron chi connectivity index (χ4n) is 2.00. The zero-order chi connectivity index (χ0) is 14.9. The van der Waals surface area contributed by atoms with Crippen molar-refractivity contribution in [1.82, 2.24) is 0 Å². The number of carbonyl (C=O) groups is 1. The number of hydrogen-bond acceptors (Lipinski definition) is 1. The summed E-state index contributed by atoms with van der Waals surface area (Å²) in [5, 5.41) is 8.46. The predicted octanol–water partition coefficient (Wildman–Crippen LogP) is 5.33. The molecule has 2 heteroatoms. The summed E-state index contributed by atoms with van der Waals surface area (Å²) in [5.41, 5.74) is 0. The van der Waals surface area contributed by atoms with Crippen molar-refractivity contribution in [3.63, 3.8) is 0 Å². The van der Waals surface area contributed by atoms with Gasteiger partial charge in [0.05, 0.1) is 0 Å². The Hall–Kier alpha value is -1.23. The summed E-state index contributed by atoms with van der Waals surface area (Å²) in [6, 6.07) is 0. The van der Waals surface area contributed by atoms with Crippen molar-refractivity contribution in [3.8, 4) is 11.8 Å². The Balaban J connectivity index is 3.23. The summed E-state index contributed by atoms with van der Waals surface area (Å²) in [6.07, 6.45) is 17.5. The molecule has 0 aromatic heterocycles. The van der Waals surface area contributed by atoms with Crippen LogP contribution in [0.1, 0.15) is 84.0 Å². The molecule has 0 aromatic rings. The second-order valence-electron chi connectivity index (χ2n) is 5.23. The van der Waals surface area contributed by atoms with E-state index >= 15 is 0 Å². The van der Waals surface area contributed by atoms with E-state index < -0.39 is 5.97 Å². The van der Waals surface area contributed by atoms with Crippen molar-refractivity contribution >= 4 is 5.97 Å². The Morgan fingerprint density at radius 1 is 1.00 bits per heavy atom. The maximum atomic E-state index is 10.3. The molecule has 20 heavy (non-hydrogen) atoms. The van der Waals surface area contributed by atoms with E-state index in [1.54, 1.807) is 0 Å². The third-order valence-electron chi connectivity index (χ3n) is 3.22. The molecule has 0 saturated heterocycles. The van der Waals surface area contributed by atoms with Crippen molar-refractivity contribution in [3.05, 3.63) is 12.2 Å². The van der Waals surface area contributed by atoms with Crippen LogP contribution in [0.15, 0.2) is 12.2 Å². The molecule has 0 aliphatic carbocycles. The van der Waals surface area contributed by atoms with Crippen LogP contribution >= 0.6 is 0 Å². The van der Waals surface area contributed by atoms with Gasteiger partial charge in [0.1, 0.15) is 0 Å². The first-order chi connectivity index (χ1) is 9.77. The Morgan fingerprint density at radius 3 is 2.30 bits per heavy atom. The SMILES string of the molecule is CCCCCCCCCC/C=C/C#CCCCC(=O)O. The van der Waals surface area contributed by atoms with Crippen molar-refractivity contribution in [1.29, 1.82) is 0 Å². The average Bonchev–Trinajstić information content (AvgIpc) is 2.43. The highest BCUT2D eigenvalue weighted by Gasteiger charge is 1.92. The van der Waals surface area contributed by atoms with Gasteiger partial charge in [0.25, 0.3) is 0 Å². The highest BCUT2D eigenvalue weighted by atomic mass is 16.4. The van der Waals surface area contributed by atoms with Gasteiger partial charge in [0.15, 0.2) is 0 Å². The molecule has 0 aliphatic rings. The molecule has 0 atom stereocenters. The lowest BCUT2D eigenvalue weighted by Crippen LogP contribution is -1.92. The first kappa shape index (κ1) is 18.8. The van der Waals surface area contributed by atoms with Crippen LogP contribution < -0.4 is 0 Å². The molecule has 114 valence electrons. The lowest BCUT2D eigenvalue weighted by atomic mass is 10.1. The minimum Gasteiger partial charge on any atom is -0.481 e. The highest BCUT2D eigenvalue weighted by molar-refractivity contribution is 5.66. The molecule has 0 saturated carbocycles. The van der Waals surface area contributed by atoms with Crippen LogP contribution in [0.5, 0.6) is 0 Å². The summed E-state index contributed by atoms with van der Waals surface area (Å²) in [6.45, 7) is 2.25. The van der Waals surface area contributed by atoms with Crippen LogP contribution in [0.25, 0.3) is 0 Å². The molecule has 0 unspecified atom stereocenters. The summed E-state index contributed by atoms with van der Waals surface area (Å²) >= 11 is 0. The first-order valence-corrected chi connectivity index (χ1v) is 8.12. The van der Waals surface area contributed by atoms with Gasteiger partial charge in [-0.1, -0.05) is 69.8 Å². The van der Waals surface area contributed by atoms with Crippen LogP contribution in [0.3, 0.4) is 0 Å². The van der Waals surface area contributed by atoms with Crippen LogP contribution in [-0.4, -0.2) is 11.1 Å². The largest absolute Gasteiger partial charge is 0.481 e. The zero-order valence-corrected chi connectivity index (χ0v) is 13.0. The maximum Gasteiger partial charge on any atom is 0.303 e. The Kier molecular flexibility index (Phi) is 14.9. The van der Waals surface area contributed by atoms with Crippen molar-refractivity contribution in [2.45, 2.75) is 84.0 Å². The molecule has 0 aromatic carbocycles. The van der Waals surface area contributed by atoms with Gasteiger partial charge in [-0.3, -0.25) is 4.79 Å². The van der Waals surface area contributed by atoms with Crippen LogP contribution in [0.2, 0.25) is 0 Å². The van der Waals surface area contributed by atoms with Crippen molar-refractivity contribution in [2.75, 3.05) is 0 Å². The van der Waals surface area contributed by atoms with Gasteiger partial charge in [-0.2, -0.15) is 0 Å². The van der Waals surface area contributed by atoms with E-state index in [2.05, 4.69) is 24.8 Å². The number of unbranched alkanes of at least 4 members (excludes halogenated alkanes) is 9. The number of aliphatic carboxylic acids is 1. The fraction of sp³-hybridized carbons (Fsp3) is 0.722. The molecule has 0 rings (SSSR count). The normalized spacial score (nSPS) is 10.4. The van der Waals surface area contributed by atoms with E-state index in [1.165, 1.54) is 51.4 Å². The van der Waals surface area contributed by atoms with Gasteiger partial charge >= 0.3 is 5.97 Å². The van der Waals surface area contributed by atoms with E-state index in [0.29, 0.717) is 12.8 Å². The van der Waals surface area contributed by atoms with Crippen molar-refractivity contribution in [2.24, 2.45) is 0 Å².